The highest BCUT2D eigenvalue weighted by Crippen LogP contribution is 2.16. The fraction of sp³-hybridized carbons (Fsp3) is 0.182. The maximum atomic E-state index is 11.0. The van der Waals surface area contributed by atoms with Crippen molar-refractivity contribution in [2.45, 2.75) is 13.8 Å². The van der Waals surface area contributed by atoms with Crippen molar-refractivity contribution in [3.05, 3.63) is 40.5 Å². The van der Waals surface area contributed by atoms with Gasteiger partial charge in [0.25, 0.3) is 0 Å². The third-order valence-electron chi connectivity index (χ3n) is 1.74. The third-order valence-corrected chi connectivity index (χ3v) is 2.90. The number of hydrogen-bond acceptors (Lipinski definition) is 2. The molecule has 14 heavy (non-hydrogen) atoms. The van der Waals surface area contributed by atoms with E-state index in [2.05, 4.69) is 21.2 Å². The van der Waals surface area contributed by atoms with Gasteiger partial charge in [-0.05, 0) is 41.9 Å². The molecular weight excluding hydrogens is 242 g/mol. The highest BCUT2D eigenvalue weighted by molar-refractivity contribution is 9.12. The van der Waals surface area contributed by atoms with Crippen LogP contribution >= 0.6 is 15.9 Å². The lowest BCUT2D eigenvalue weighted by Crippen LogP contribution is -2.01. The van der Waals surface area contributed by atoms with Crippen molar-refractivity contribution < 1.29 is 4.79 Å². The van der Waals surface area contributed by atoms with Crippen LogP contribution in [0.25, 0.3) is 0 Å². The number of Topliss-reactive ketones (excluding diaryl/α,β-unsaturated/α-hetero) is 1. The van der Waals surface area contributed by atoms with Crippen molar-refractivity contribution in [2.75, 3.05) is 5.32 Å². The number of benzene rings is 1. The molecule has 0 spiro atoms. The van der Waals surface area contributed by atoms with Crippen molar-refractivity contribution in [3.63, 3.8) is 0 Å². The molecule has 0 saturated carbocycles. The van der Waals surface area contributed by atoms with Gasteiger partial charge in [0, 0.05) is 11.4 Å². The number of nitrogens with one attached hydrogen (secondary N) is 1. The summed E-state index contributed by atoms with van der Waals surface area (Å²) in [6.07, 6.45) is 0. The predicted molar refractivity (Wildman–Crippen MR) is 62.4 cm³/mol. The van der Waals surface area contributed by atoms with Gasteiger partial charge in [0.15, 0.2) is 5.78 Å². The number of hydrogen-bond donors (Lipinski definition) is 1. The standard InChI is InChI=1S/C11H12BrNO/c1-8(11(12)9(2)14)13-10-6-4-3-5-7-10/h3-7,13H,1-2H3/b11-8+. The lowest BCUT2D eigenvalue weighted by Gasteiger charge is -2.07. The Labute approximate surface area is 92.1 Å². The first kappa shape index (κ1) is 11.0. The first-order valence-electron chi connectivity index (χ1n) is 4.30. The van der Waals surface area contributed by atoms with Gasteiger partial charge in [-0.3, -0.25) is 4.79 Å². The van der Waals surface area contributed by atoms with Gasteiger partial charge in [-0.1, -0.05) is 18.2 Å². The monoisotopic (exact) mass is 253 g/mol. The van der Waals surface area contributed by atoms with Crippen LogP contribution in [0.15, 0.2) is 40.5 Å². The summed E-state index contributed by atoms with van der Waals surface area (Å²) in [5.41, 5.74) is 1.80. The van der Waals surface area contributed by atoms with Gasteiger partial charge in [0.1, 0.15) is 0 Å². The average molecular weight is 254 g/mol. The molecular formula is C11H12BrNO. The first-order valence-corrected chi connectivity index (χ1v) is 5.10. The summed E-state index contributed by atoms with van der Waals surface area (Å²) in [7, 11) is 0. The Hall–Kier alpha value is -1.09. The molecule has 0 atom stereocenters. The maximum absolute atomic E-state index is 11.0. The van der Waals surface area contributed by atoms with E-state index in [0.717, 1.165) is 11.4 Å². The number of carbonyl (C=O) groups is 1. The largest absolute Gasteiger partial charge is 0.358 e. The van der Waals surface area contributed by atoms with Gasteiger partial charge in [0.05, 0.1) is 4.48 Å². The van der Waals surface area contributed by atoms with E-state index in [9.17, 15) is 4.79 Å². The Balaban J connectivity index is 2.80. The van der Waals surface area contributed by atoms with E-state index in [1.54, 1.807) is 0 Å². The molecule has 1 aromatic carbocycles. The normalized spacial score (nSPS) is 11.9. The van der Waals surface area contributed by atoms with Crippen LogP contribution in [0, 0.1) is 0 Å². The Morgan fingerprint density at radius 3 is 2.29 bits per heavy atom. The molecule has 0 aliphatic carbocycles. The summed E-state index contributed by atoms with van der Waals surface area (Å²) in [5.74, 6) is 0.0194. The van der Waals surface area contributed by atoms with Crippen molar-refractivity contribution in [1.29, 1.82) is 0 Å². The van der Waals surface area contributed by atoms with Crippen LogP contribution in [0.5, 0.6) is 0 Å². The molecule has 0 unspecified atom stereocenters. The van der Waals surface area contributed by atoms with Crippen molar-refractivity contribution in [3.8, 4) is 0 Å². The number of carbonyl (C=O) groups excluding carboxylic acids is 1. The third kappa shape index (κ3) is 3.00. The van der Waals surface area contributed by atoms with Gasteiger partial charge in [0.2, 0.25) is 0 Å². The van der Waals surface area contributed by atoms with E-state index in [-0.39, 0.29) is 5.78 Å². The van der Waals surface area contributed by atoms with Crippen LogP contribution in [0.2, 0.25) is 0 Å². The molecule has 0 saturated heterocycles. The molecule has 1 rings (SSSR count). The highest BCUT2D eigenvalue weighted by atomic mass is 79.9. The number of halogens is 1. The van der Waals surface area contributed by atoms with Crippen LogP contribution < -0.4 is 5.32 Å². The van der Waals surface area contributed by atoms with Crippen LogP contribution in [0.1, 0.15) is 13.8 Å². The second kappa shape index (κ2) is 4.96. The number of ketones is 1. The molecule has 0 aliphatic rings. The fourth-order valence-electron chi connectivity index (χ4n) is 1.06. The topological polar surface area (TPSA) is 29.1 Å². The average Bonchev–Trinajstić information content (AvgIpc) is 2.18. The van der Waals surface area contributed by atoms with Crippen LogP contribution in [-0.4, -0.2) is 5.78 Å². The summed E-state index contributed by atoms with van der Waals surface area (Å²) < 4.78 is 0.585. The van der Waals surface area contributed by atoms with Gasteiger partial charge >= 0.3 is 0 Å². The van der Waals surface area contributed by atoms with E-state index < -0.39 is 0 Å². The smallest absolute Gasteiger partial charge is 0.168 e. The molecule has 0 aromatic heterocycles. The summed E-state index contributed by atoms with van der Waals surface area (Å²) in [6.45, 7) is 3.39. The lowest BCUT2D eigenvalue weighted by molar-refractivity contribution is -0.112. The van der Waals surface area contributed by atoms with Crippen LogP contribution in [0.3, 0.4) is 0 Å². The fourth-order valence-corrected chi connectivity index (χ4v) is 1.16. The maximum Gasteiger partial charge on any atom is 0.168 e. The van der Waals surface area contributed by atoms with Crippen LogP contribution in [0.4, 0.5) is 5.69 Å². The molecule has 0 radical (unpaired) electrons. The van der Waals surface area contributed by atoms with E-state index in [1.807, 2.05) is 37.3 Å². The van der Waals surface area contributed by atoms with E-state index in [1.165, 1.54) is 6.92 Å². The Kier molecular flexibility index (Phi) is 3.89. The summed E-state index contributed by atoms with van der Waals surface area (Å²) in [6, 6.07) is 9.73. The van der Waals surface area contributed by atoms with E-state index in [4.69, 9.17) is 0 Å². The molecule has 0 fully saturated rings. The van der Waals surface area contributed by atoms with E-state index >= 15 is 0 Å². The van der Waals surface area contributed by atoms with Gasteiger partial charge in [-0.25, -0.2) is 0 Å². The molecule has 0 amide bonds. The highest BCUT2D eigenvalue weighted by Gasteiger charge is 2.03. The zero-order valence-electron chi connectivity index (χ0n) is 8.17. The van der Waals surface area contributed by atoms with Gasteiger partial charge in [-0.2, -0.15) is 0 Å². The Morgan fingerprint density at radius 2 is 1.79 bits per heavy atom. The molecule has 3 heteroatoms. The molecule has 2 nitrogen and oxygen atoms in total. The van der Waals surface area contributed by atoms with Gasteiger partial charge in [-0.15, -0.1) is 0 Å². The molecule has 1 aromatic rings. The molecule has 0 bridgehead atoms. The lowest BCUT2D eigenvalue weighted by atomic mass is 10.3. The number of rotatable bonds is 3. The zero-order chi connectivity index (χ0) is 10.6. The molecule has 0 heterocycles. The minimum atomic E-state index is 0.0194. The summed E-state index contributed by atoms with van der Waals surface area (Å²) in [5, 5.41) is 3.13. The molecule has 1 N–H and O–H groups in total. The zero-order valence-corrected chi connectivity index (χ0v) is 9.76. The van der Waals surface area contributed by atoms with Crippen molar-refractivity contribution in [2.24, 2.45) is 0 Å². The quantitative estimate of drug-likeness (QED) is 0.838. The van der Waals surface area contributed by atoms with Crippen LogP contribution in [-0.2, 0) is 4.79 Å². The summed E-state index contributed by atoms with van der Waals surface area (Å²) >= 11 is 3.23. The predicted octanol–water partition coefficient (Wildman–Crippen LogP) is 3.31. The second-order valence-corrected chi connectivity index (χ2v) is 3.78. The van der Waals surface area contributed by atoms with Crippen molar-refractivity contribution >= 4 is 27.4 Å². The minimum absolute atomic E-state index is 0.0194. The molecule has 74 valence electrons. The summed E-state index contributed by atoms with van der Waals surface area (Å²) in [4.78, 5) is 11.0. The van der Waals surface area contributed by atoms with E-state index in [0.29, 0.717) is 4.48 Å². The first-order chi connectivity index (χ1) is 6.61. The molecule has 0 aliphatic heterocycles. The Bertz CT molecular complexity index is 357. The number of allylic oxidation sites excluding steroid dienone is 2. The SMILES string of the molecule is CC(=O)/C(Br)=C(/C)Nc1ccccc1. The Morgan fingerprint density at radius 1 is 1.21 bits per heavy atom. The minimum Gasteiger partial charge on any atom is -0.358 e. The van der Waals surface area contributed by atoms with Gasteiger partial charge < -0.3 is 5.32 Å². The van der Waals surface area contributed by atoms with Crippen molar-refractivity contribution in [1.82, 2.24) is 0 Å². The second-order valence-electron chi connectivity index (χ2n) is 2.99. The number of anilines is 1. The number of para-hydroxylation sites is 1.